The highest BCUT2D eigenvalue weighted by atomic mass is 16.5. The van der Waals surface area contributed by atoms with E-state index >= 15 is 0 Å². The van der Waals surface area contributed by atoms with Crippen LogP contribution in [0.15, 0.2) is 18.2 Å². The van der Waals surface area contributed by atoms with Crippen LogP contribution in [-0.4, -0.2) is 32.4 Å². The van der Waals surface area contributed by atoms with Gasteiger partial charge in [0.05, 0.1) is 0 Å². The Bertz CT molecular complexity index is 378. The maximum absolute atomic E-state index is 6.11. The van der Waals surface area contributed by atoms with Crippen LogP contribution in [0.1, 0.15) is 17.5 Å². The van der Waals surface area contributed by atoms with E-state index in [-0.39, 0.29) is 12.2 Å². The zero-order valence-electron chi connectivity index (χ0n) is 10.8. The first-order valence-electron chi connectivity index (χ1n) is 6.18. The smallest absolute Gasteiger partial charge is 0.127 e. The van der Waals surface area contributed by atoms with E-state index in [1.165, 1.54) is 11.1 Å². The van der Waals surface area contributed by atoms with Crippen LogP contribution in [0.25, 0.3) is 0 Å². The van der Waals surface area contributed by atoms with Gasteiger partial charge >= 0.3 is 0 Å². The lowest BCUT2D eigenvalue weighted by molar-refractivity contribution is -0.0144. The molecule has 1 aromatic rings. The fourth-order valence-electron chi connectivity index (χ4n) is 2.19. The molecule has 1 aromatic carbocycles. The molecule has 2 rings (SSSR count). The van der Waals surface area contributed by atoms with Gasteiger partial charge in [0.1, 0.15) is 18.0 Å². The average molecular weight is 235 g/mol. The number of aryl methyl sites for hydroxylation is 1. The fourth-order valence-corrected chi connectivity index (χ4v) is 2.19. The van der Waals surface area contributed by atoms with Crippen LogP contribution in [0, 0.1) is 13.8 Å². The zero-order valence-corrected chi connectivity index (χ0v) is 10.8. The summed E-state index contributed by atoms with van der Waals surface area (Å²) in [6.07, 6.45) is 1.29. The maximum Gasteiger partial charge on any atom is 0.127 e. The van der Waals surface area contributed by atoms with E-state index in [0.29, 0.717) is 0 Å². The normalized spacial score (nSPS) is 24.6. The SMILES string of the molecule is CO[C@@H]1CNCC[C@@H]1Oc1cccc(C)c1C. The van der Waals surface area contributed by atoms with Gasteiger partial charge in [-0.25, -0.2) is 0 Å². The molecule has 3 nitrogen and oxygen atoms in total. The molecule has 0 radical (unpaired) electrons. The Morgan fingerprint density at radius 1 is 1.24 bits per heavy atom. The third kappa shape index (κ3) is 2.79. The second kappa shape index (κ2) is 5.52. The molecule has 94 valence electrons. The summed E-state index contributed by atoms with van der Waals surface area (Å²) in [5.41, 5.74) is 2.49. The molecule has 1 N–H and O–H groups in total. The van der Waals surface area contributed by atoms with Crippen LogP contribution in [-0.2, 0) is 4.74 Å². The fraction of sp³-hybridized carbons (Fsp3) is 0.571. The van der Waals surface area contributed by atoms with Crippen molar-refractivity contribution in [1.82, 2.24) is 5.32 Å². The summed E-state index contributed by atoms with van der Waals surface area (Å²) >= 11 is 0. The van der Waals surface area contributed by atoms with Crippen molar-refractivity contribution in [2.75, 3.05) is 20.2 Å². The van der Waals surface area contributed by atoms with Gasteiger partial charge in [-0.1, -0.05) is 12.1 Å². The molecule has 0 aromatic heterocycles. The summed E-state index contributed by atoms with van der Waals surface area (Å²) in [5.74, 6) is 0.985. The summed E-state index contributed by atoms with van der Waals surface area (Å²) in [7, 11) is 1.75. The average Bonchev–Trinajstić information content (AvgIpc) is 2.35. The number of hydrogen-bond acceptors (Lipinski definition) is 3. The molecular formula is C14H21NO2. The maximum atomic E-state index is 6.11. The topological polar surface area (TPSA) is 30.5 Å². The summed E-state index contributed by atoms with van der Waals surface area (Å²) in [6, 6.07) is 6.19. The highest BCUT2D eigenvalue weighted by molar-refractivity contribution is 5.38. The van der Waals surface area contributed by atoms with Crippen molar-refractivity contribution < 1.29 is 9.47 Å². The predicted octanol–water partition coefficient (Wildman–Crippen LogP) is 2.06. The molecule has 1 saturated heterocycles. The molecule has 1 aliphatic heterocycles. The van der Waals surface area contributed by atoms with Gasteiger partial charge in [-0.2, -0.15) is 0 Å². The monoisotopic (exact) mass is 235 g/mol. The molecule has 0 amide bonds. The molecule has 2 atom stereocenters. The van der Waals surface area contributed by atoms with E-state index < -0.39 is 0 Å². The van der Waals surface area contributed by atoms with Gasteiger partial charge in [0.15, 0.2) is 0 Å². The lowest BCUT2D eigenvalue weighted by Gasteiger charge is -2.32. The van der Waals surface area contributed by atoms with Crippen molar-refractivity contribution in [3.63, 3.8) is 0 Å². The van der Waals surface area contributed by atoms with E-state index in [9.17, 15) is 0 Å². The third-order valence-corrected chi connectivity index (χ3v) is 3.50. The van der Waals surface area contributed by atoms with Crippen LogP contribution >= 0.6 is 0 Å². The van der Waals surface area contributed by atoms with E-state index in [1.54, 1.807) is 7.11 Å². The minimum atomic E-state index is 0.142. The molecule has 0 unspecified atom stereocenters. The standard InChI is InChI=1S/C14H21NO2/c1-10-5-4-6-12(11(10)2)17-13-7-8-15-9-14(13)16-3/h4-6,13-15H,7-9H2,1-3H3/t13-,14+/m0/s1. The van der Waals surface area contributed by atoms with Gasteiger partial charge in [-0.05, 0) is 44.0 Å². The first-order valence-corrected chi connectivity index (χ1v) is 6.18. The first-order chi connectivity index (χ1) is 8.22. The van der Waals surface area contributed by atoms with Crippen molar-refractivity contribution >= 4 is 0 Å². The molecule has 0 saturated carbocycles. The van der Waals surface area contributed by atoms with E-state index in [0.717, 1.165) is 25.3 Å². The van der Waals surface area contributed by atoms with E-state index in [4.69, 9.17) is 9.47 Å². The van der Waals surface area contributed by atoms with Crippen molar-refractivity contribution in [2.24, 2.45) is 0 Å². The Labute approximate surface area is 103 Å². The number of hydrogen-bond donors (Lipinski definition) is 1. The molecule has 0 spiro atoms. The number of methoxy groups -OCH3 is 1. The van der Waals surface area contributed by atoms with Crippen LogP contribution < -0.4 is 10.1 Å². The zero-order chi connectivity index (χ0) is 12.3. The second-order valence-corrected chi connectivity index (χ2v) is 4.62. The molecule has 17 heavy (non-hydrogen) atoms. The molecule has 1 heterocycles. The molecule has 0 bridgehead atoms. The van der Waals surface area contributed by atoms with Crippen molar-refractivity contribution in [1.29, 1.82) is 0 Å². The summed E-state index contributed by atoms with van der Waals surface area (Å²) in [5, 5.41) is 3.32. The summed E-state index contributed by atoms with van der Waals surface area (Å²) in [6.45, 7) is 6.08. The van der Waals surface area contributed by atoms with E-state index in [1.807, 2.05) is 12.1 Å². The Kier molecular flexibility index (Phi) is 4.02. The Morgan fingerprint density at radius 3 is 2.82 bits per heavy atom. The Balaban J connectivity index is 2.11. The van der Waals surface area contributed by atoms with Gasteiger partial charge in [0.25, 0.3) is 0 Å². The first kappa shape index (κ1) is 12.4. The third-order valence-electron chi connectivity index (χ3n) is 3.50. The van der Waals surface area contributed by atoms with Crippen LogP contribution in [0.3, 0.4) is 0 Å². The molecule has 3 heteroatoms. The number of rotatable bonds is 3. The predicted molar refractivity (Wildman–Crippen MR) is 68.6 cm³/mol. The largest absolute Gasteiger partial charge is 0.487 e. The summed E-state index contributed by atoms with van der Waals surface area (Å²) in [4.78, 5) is 0. The lowest BCUT2D eigenvalue weighted by atomic mass is 10.1. The van der Waals surface area contributed by atoms with Crippen LogP contribution in [0.2, 0.25) is 0 Å². The van der Waals surface area contributed by atoms with Crippen molar-refractivity contribution in [2.45, 2.75) is 32.5 Å². The van der Waals surface area contributed by atoms with Crippen LogP contribution in [0.4, 0.5) is 0 Å². The van der Waals surface area contributed by atoms with Gasteiger partial charge < -0.3 is 14.8 Å². The Morgan fingerprint density at radius 2 is 2.06 bits per heavy atom. The van der Waals surface area contributed by atoms with Crippen molar-refractivity contribution in [3.8, 4) is 5.75 Å². The second-order valence-electron chi connectivity index (χ2n) is 4.62. The molecule has 0 aliphatic carbocycles. The number of benzene rings is 1. The highest BCUT2D eigenvalue weighted by Gasteiger charge is 2.26. The lowest BCUT2D eigenvalue weighted by Crippen LogP contribution is -2.47. The van der Waals surface area contributed by atoms with Gasteiger partial charge in [-0.15, -0.1) is 0 Å². The van der Waals surface area contributed by atoms with Crippen LogP contribution in [0.5, 0.6) is 5.75 Å². The minimum absolute atomic E-state index is 0.142. The number of ether oxygens (including phenoxy) is 2. The Hall–Kier alpha value is -1.06. The molecule has 1 aliphatic rings. The summed E-state index contributed by atoms with van der Waals surface area (Å²) < 4.78 is 11.6. The molecule has 1 fully saturated rings. The van der Waals surface area contributed by atoms with Crippen molar-refractivity contribution in [3.05, 3.63) is 29.3 Å². The van der Waals surface area contributed by atoms with E-state index in [2.05, 4.69) is 25.2 Å². The van der Waals surface area contributed by atoms with Gasteiger partial charge in [-0.3, -0.25) is 0 Å². The quantitative estimate of drug-likeness (QED) is 0.870. The number of piperidine rings is 1. The van der Waals surface area contributed by atoms with Gasteiger partial charge in [0, 0.05) is 13.7 Å². The minimum Gasteiger partial charge on any atom is -0.487 e. The molecular weight excluding hydrogens is 214 g/mol. The number of nitrogens with one attached hydrogen (secondary N) is 1. The van der Waals surface area contributed by atoms with Gasteiger partial charge in [0.2, 0.25) is 0 Å². The highest BCUT2D eigenvalue weighted by Crippen LogP contribution is 2.24.